The number of amides is 2. The van der Waals surface area contributed by atoms with Gasteiger partial charge in [0.15, 0.2) is 0 Å². The van der Waals surface area contributed by atoms with Crippen LogP contribution in [0.5, 0.6) is 0 Å². The Bertz CT molecular complexity index is 718. The summed E-state index contributed by atoms with van der Waals surface area (Å²) in [5.41, 5.74) is 1.46. The maximum absolute atomic E-state index is 13.5. The summed E-state index contributed by atoms with van der Waals surface area (Å²) in [7, 11) is 0. The molecule has 0 unspecified atom stereocenters. The minimum absolute atomic E-state index is 0.177. The topological polar surface area (TPSA) is 52.7 Å². The Balaban J connectivity index is 1.51. The summed E-state index contributed by atoms with van der Waals surface area (Å²) in [6, 6.07) is 8.11. The van der Waals surface area contributed by atoms with Crippen LogP contribution in [0.25, 0.3) is 0 Å². The molecular weight excluding hydrogens is 338 g/mol. The smallest absolute Gasteiger partial charge is 0.252 e. The maximum atomic E-state index is 13.5. The molecule has 2 heterocycles. The first-order chi connectivity index (χ1) is 13.0. The van der Waals surface area contributed by atoms with Gasteiger partial charge in [0.25, 0.3) is 5.91 Å². The van der Waals surface area contributed by atoms with Gasteiger partial charge in [0, 0.05) is 26.1 Å². The molecule has 0 bridgehead atoms. The average Bonchev–Trinajstić information content (AvgIpc) is 3.46. The monoisotopic (exact) mass is 369 g/mol. The van der Waals surface area contributed by atoms with Gasteiger partial charge in [-0.05, 0) is 56.1 Å². The fourth-order valence-electron chi connectivity index (χ4n) is 4.28. The lowest BCUT2D eigenvalue weighted by Gasteiger charge is -2.48. The summed E-state index contributed by atoms with van der Waals surface area (Å²) >= 11 is 0. The third-order valence-electron chi connectivity index (χ3n) is 6.28. The molecule has 5 heteroatoms. The van der Waals surface area contributed by atoms with Crippen LogP contribution in [-0.2, 0) is 9.59 Å². The molecule has 1 N–H and O–H groups in total. The summed E-state index contributed by atoms with van der Waals surface area (Å²) in [4.78, 5) is 29.9. The number of likely N-dealkylation sites (tertiary alicyclic amines) is 1. The molecule has 27 heavy (non-hydrogen) atoms. The molecule has 2 aliphatic heterocycles. The normalized spacial score (nSPS) is 21.4. The number of benzene rings is 1. The van der Waals surface area contributed by atoms with E-state index in [1.54, 1.807) is 0 Å². The molecule has 0 radical (unpaired) electrons. The Kier molecular flexibility index (Phi) is 4.87. The zero-order valence-electron chi connectivity index (χ0n) is 16.5. The summed E-state index contributed by atoms with van der Waals surface area (Å²) in [5.74, 6) is 1.61. The molecule has 3 aliphatic rings. The zero-order valence-corrected chi connectivity index (χ0v) is 16.5. The van der Waals surface area contributed by atoms with E-state index in [4.69, 9.17) is 0 Å². The van der Waals surface area contributed by atoms with Gasteiger partial charge in [-0.2, -0.15) is 0 Å². The Morgan fingerprint density at radius 3 is 2.59 bits per heavy atom. The van der Waals surface area contributed by atoms with Gasteiger partial charge in [-0.3, -0.25) is 9.59 Å². The van der Waals surface area contributed by atoms with Crippen molar-refractivity contribution in [3.8, 4) is 0 Å². The number of anilines is 2. The van der Waals surface area contributed by atoms with Crippen LogP contribution in [0.1, 0.15) is 52.4 Å². The standard InChI is InChI=1S/C22H31N3O2/c1-16(2)9-12-25-19-6-4-3-5-18(19)23-22(21(25)27)10-13-24(14-11-22)20(26)15-17-7-8-17/h3-6,16-17,23H,7-15H2,1-2H3. The lowest BCUT2D eigenvalue weighted by Crippen LogP contribution is -2.62. The molecule has 1 aromatic carbocycles. The van der Waals surface area contributed by atoms with Crippen LogP contribution in [0.3, 0.4) is 0 Å². The molecule has 0 atom stereocenters. The van der Waals surface area contributed by atoms with Crippen LogP contribution < -0.4 is 10.2 Å². The fourth-order valence-corrected chi connectivity index (χ4v) is 4.28. The third-order valence-corrected chi connectivity index (χ3v) is 6.28. The SMILES string of the molecule is CC(C)CCN1C(=O)C2(CCN(C(=O)CC3CC3)CC2)Nc2ccccc21. The molecule has 0 aromatic heterocycles. The Hall–Kier alpha value is -2.04. The molecule has 1 saturated carbocycles. The highest BCUT2D eigenvalue weighted by molar-refractivity contribution is 6.08. The van der Waals surface area contributed by atoms with Crippen molar-refractivity contribution in [3.05, 3.63) is 24.3 Å². The van der Waals surface area contributed by atoms with E-state index < -0.39 is 5.54 Å². The van der Waals surface area contributed by atoms with Crippen LogP contribution in [0, 0.1) is 11.8 Å². The van der Waals surface area contributed by atoms with Crippen molar-refractivity contribution < 1.29 is 9.59 Å². The van der Waals surface area contributed by atoms with Crippen LogP contribution in [0.2, 0.25) is 0 Å². The van der Waals surface area contributed by atoms with Crippen molar-refractivity contribution >= 4 is 23.2 Å². The number of fused-ring (bicyclic) bond motifs is 1. The lowest BCUT2D eigenvalue weighted by atomic mass is 9.83. The van der Waals surface area contributed by atoms with E-state index in [0.29, 0.717) is 44.2 Å². The number of nitrogens with zero attached hydrogens (tertiary/aromatic N) is 2. The van der Waals surface area contributed by atoms with Gasteiger partial charge in [-0.25, -0.2) is 0 Å². The van der Waals surface area contributed by atoms with Crippen LogP contribution >= 0.6 is 0 Å². The molecule has 4 rings (SSSR count). The highest BCUT2D eigenvalue weighted by atomic mass is 16.2. The number of para-hydroxylation sites is 2. The minimum Gasteiger partial charge on any atom is -0.369 e. The first-order valence-corrected chi connectivity index (χ1v) is 10.5. The van der Waals surface area contributed by atoms with Gasteiger partial charge in [-0.1, -0.05) is 26.0 Å². The second-order valence-corrected chi connectivity index (χ2v) is 8.89. The van der Waals surface area contributed by atoms with Crippen LogP contribution in [-0.4, -0.2) is 41.9 Å². The highest BCUT2D eigenvalue weighted by Gasteiger charge is 2.48. The van der Waals surface area contributed by atoms with Crippen molar-refractivity contribution in [3.63, 3.8) is 0 Å². The Morgan fingerprint density at radius 1 is 1.22 bits per heavy atom. The van der Waals surface area contributed by atoms with Crippen LogP contribution in [0.15, 0.2) is 24.3 Å². The van der Waals surface area contributed by atoms with Gasteiger partial charge >= 0.3 is 0 Å². The maximum Gasteiger partial charge on any atom is 0.252 e. The van der Waals surface area contributed by atoms with Crippen LogP contribution in [0.4, 0.5) is 11.4 Å². The van der Waals surface area contributed by atoms with Crippen molar-refractivity contribution in [2.45, 2.75) is 57.9 Å². The summed E-state index contributed by atoms with van der Waals surface area (Å²) in [6.45, 7) is 6.48. The number of carbonyl (C=O) groups excluding carboxylic acids is 2. The molecule has 1 saturated heterocycles. The predicted octanol–water partition coefficient (Wildman–Crippen LogP) is 3.65. The van der Waals surface area contributed by atoms with Gasteiger partial charge in [0.2, 0.25) is 5.91 Å². The Labute approximate surface area is 162 Å². The molecule has 1 aliphatic carbocycles. The predicted molar refractivity (Wildman–Crippen MR) is 108 cm³/mol. The van der Waals surface area contributed by atoms with Crippen molar-refractivity contribution in [2.24, 2.45) is 11.8 Å². The van der Waals surface area contributed by atoms with Gasteiger partial charge < -0.3 is 15.1 Å². The summed E-state index contributed by atoms with van der Waals surface area (Å²) in [5, 5.41) is 3.56. The quantitative estimate of drug-likeness (QED) is 0.862. The number of carbonyl (C=O) groups is 2. The number of nitrogens with one attached hydrogen (secondary N) is 1. The number of hydrogen-bond acceptors (Lipinski definition) is 3. The van der Waals surface area contributed by atoms with Crippen molar-refractivity contribution in [1.29, 1.82) is 0 Å². The Morgan fingerprint density at radius 2 is 1.93 bits per heavy atom. The minimum atomic E-state index is -0.568. The van der Waals surface area contributed by atoms with E-state index in [9.17, 15) is 9.59 Å². The van der Waals surface area contributed by atoms with Crippen molar-refractivity contribution in [1.82, 2.24) is 4.90 Å². The van der Waals surface area contributed by atoms with Crippen molar-refractivity contribution in [2.75, 3.05) is 29.9 Å². The lowest BCUT2D eigenvalue weighted by molar-refractivity contribution is -0.135. The van der Waals surface area contributed by atoms with E-state index in [1.807, 2.05) is 28.0 Å². The van der Waals surface area contributed by atoms with E-state index in [-0.39, 0.29) is 11.8 Å². The van der Waals surface area contributed by atoms with Gasteiger partial charge in [-0.15, -0.1) is 0 Å². The second-order valence-electron chi connectivity index (χ2n) is 8.89. The fraction of sp³-hybridized carbons (Fsp3) is 0.636. The number of hydrogen-bond donors (Lipinski definition) is 1. The third kappa shape index (κ3) is 3.69. The van der Waals surface area contributed by atoms with Gasteiger partial charge in [0.1, 0.15) is 5.54 Å². The van der Waals surface area contributed by atoms with E-state index >= 15 is 0 Å². The molecule has 1 spiro atoms. The number of rotatable bonds is 5. The average molecular weight is 370 g/mol. The van der Waals surface area contributed by atoms with Gasteiger partial charge in [0.05, 0.1) is 11.4 Å². The summed E-state index contributed by atoms with van der Waals surface area (Å²) < 4.78 is 0. The molecular formula is C22H31N3O2. The van der Waals surface area contributed by atoms with E-state index in [1.165, 1.54) is 12.8 Å². The molecule has 2 amide bonds. The second kappa shape index (κ2) is 7.17. The first kappa shape index (κ1) is 18.3. The highest BCUT2D eigenvalue weighted by Crippen LogP contribution is 2.40. The summed E-state index contributed by atoms with van der Waals surface area (Å²) in [6.07, 6.45) is 5.46. The molecule has 1 aromatic rings. The largest absolute Gasteiger partial charge is 0.369 e. The van der Waals surface area contributed by atoms with E-state index in [2.05, 4.69) is 25.2 Å². The molecule has 5 nitrogen and oxygen atoms in total. The number of piperidine rings is 1. The molecule has 146 valence electrons. The van der Waals surface area contributed by atoms with E-state index in [0.717, 1.165) is 24.3 Å². The first-order valence-electron chi connectivity index (χ1n) is 10.5. The zero-order chi connectivity index (χ0) is 19.0. The molecule has 2 fully saturated rings.